The van der Waals surface area contributed by atoms with Crippen LogP contribution in [0.1, 0.15) is 77.3 Å². The van der Waals surface area contributed by atoms with E-state index in [9.17, 15) is 9.59 Å². The van der Waals surface area contributed by atoms with Gasteiger partial charge in [0, 0.05) is 37.0 Å². The van der Waals surface area contributed by atoms with Gasteiger partial charge in [-0.15, -0.1) is 0 Å². The van der Waals surface area contributed by atoms with Crippen molar-refractivity contribution >= 4 is 11.7 Å². The van der Waals surface area contributed by atoms with Crippen molar-refractivity contribution in [1.82, 2.24) is 20.6 Å². The molecule has 6 heteroatoms. The van der Waals surface area contributed by atoms with Gasteiger partial charge in [0.1, 0.15) is 0 Å². The van der Waals surface area contributed by atoms with E-state index in [1.807, 2.05) is 0 Å². The molecule has 0 aliphatic carbocycles. The standard InChI is InChI=1S/C31H46N4O2/c1-4-5-6-7-8-9-10-11-12-13-14-15-16-17-18-19-20-21-27(2)33-23-22-31(37)35-30(28(3)36)24-29-25-32-26-34-29/h5-6,8-9,11-12,14-15,17-18,25-26,30,33H,2,4,7,10,13,16,19-24H2,1,3H3,(H,32,34)(H,35,37)/b6-5-,9-8-,12-11-,15-14-,18-17-/t30-/m0/s1. The average Bonchev–Trinajstić information content (AvgIpc) is 3.38. The second-order valence-corrected chi connectivity index (χ2v) is 8.89. The van der Waals surface area contributed by atoms with Crippen LogP contribution in [0, 0.1) is 0 Å². The Kier molecular flexibility index (Phi) is 18.7. The third kappa shape index (κ3) is 18.5. The summed E-state index contributed by atoms with van der Waals surface area (Å²) >= 11 is 0. The molecule has 1 aromatic rings. The Bertz CT molecular complexity index is 908. The summed E-state index contributed by atoms with van der Waals surface area (Å²) in [4.78, 5) is 30.9. The number of rotatable bonds is 21. The molecule has 0 aromatic carbocycles. The van der Waals surface area contributed by atoms with Crippen molar-refractivity contribution in [2.75, 3.05) is 6.54 Å². The van der Waals surface area contributed by atoms with Crippen molar-refractivity contribution < 1.29 is 9.59 Å². The molecule has 0 saturated heterocycles. The number of ketones is 1. The first-order valence-electron chi connectivity index (χ1n) is 13.5. The van der Waals surface area contributed by atoms with Gasteiger partial charge in [0.25, 0.3) is 0 Å². The lowest BCUT2D eigenvalue weighted by molar-refractivity contribution is -0.126. The Morgan fingerprint density at radius 2 is 1.54 bits per heavy atom. The van der Waals surface area contributed by atoms with Crippen molar-refractivity contribution in [3.63, 3.8) is 0 Å². The van der Waals surface area contributed by atoms with Crippen molar-refractivity contribution in [3.8, 4) is 0 Å². The number of nitrogens with zero attached hydrogens (tertiary/aromatic N) is 1. The van der Waals surface area contributed by atoms with Gasteiger partial charge in [0.15, 0.2) is 5.78 Å². The Morgan fingerprint density at radius 3 is 2.08 bits per heavy atom. The second-order valence-electron chi connectivity index (χ2n) is 8.89. The Morgan fingerprint density at radius 1 is 0.946 bits per heavy atom. The molecule has 0 fully saturated rings. The SMILES string of the molecule is C=C(CCC/C=C\C/C=C\C/C=C\C/C=C\C/C=C\CC)NCCC(=O)N[C@@H](Cc1cnc[nH]1)C(C)=O. The van der Waals surface area contributed by atoms with Crippen molar-refractivity contribution in [1.29, 1.82) is 0 Å². The molecule has 37 heavy (non-hydrogen) atoms. The number of imidazole rings is 1. The number of amides is 1. The van der Waals surface area contributed by atoms with Gasteiger partial charge < -0.3 is 15.6 Å². The van der Waals surface area contributed by atoms with E-state index in [2.05, 4.69) is 94.9 Å². The van der Waals surface area contributed by atoms with Crippen molar-refractivity contribution in [2.45, 2.75) is 84.1 Å². The molecule has 6 nitrogen and oxygen atoms in total. The summed E-state index contributed by atoms with van der Waals surface area (Å²) in [6.45, 7) is 8.18. The van der Waals surface area contributed by atoms with E-state index < -0.39 is 6.04 Å². The number of aromatic nitrogens is 2. The lowest BCUT2D eigenvalue weighted by atomic mass is 10.1. The number of nitrogens with one attached hydrogen (secondary N) is 3. The summed E-state index contributed by atoms with van der Waals surface area (Å²) in [6.07, 6.45) is 33.9. The first-order chi connectivity index (χ1) is 18.0. The molecule has 0 aliphatic rings. The van der Waals surface area contributed by atoms with Crippen LogP contribution in [0.3, 0.4) is 0 Å². The van der Waals surface area contributed by atoms with Crippen molar-refractivity contribution in [2.24, 2.45) is 0 Å². The molecule has 1 rings (SSSR count). The highest BCUT2D eigenvalue weighted by Gasteiger charge is 2.18. The molecule has 3 N–H and O–H groups in total. The van der Waals surface area contributed by atoms with Gasteiger partial charge in [-0.05, 0) is 58.3 Å². The third-order valence-electron chi connectivity index (χ3n) is 5.54. The van der Waals surface area contributed by atoms with Crippen LogP contribution in [0.2, 0.25) is 0 Å². The number of carbonyl (C=O) groups is 2. The van der Waals surface area contributed by atoms with Crippen molar-refractivity contribution in [3.05, 3.63) is 91.3 Å². The van der Waals surface area contributed by atoms with Gasteiger partial charge in [0.05, 0.1) is 12.4 Å². The quantitative estimate of drug-likeness (QED) is 0.132. The summed E-state index contributed by atoms with van der Waals surface area (Å²) in [5.74, 6) is -0.228. The summed E-state index contributed by atoms with van der Waals surface area (Å²) < 4.78 is 0. The number of Topliss-reactive ketones (excluding diaryl/α,β-unsaturated/α-hetero) is 1. The van der Waals surface area contributed by atoms with E-state index in [4.69, 9.17) is 0 Å². The zero-order chi connectivity index (χ0) is 27.0. The minimum atomic E-state index is -0.542. The zero-order valence-electron chi connectivity index (χ0n) is 22.8. The predicted octanol–water partition coefficient (Wildman–Crippen LogP) is 6.44. The summed E-state index contributed by atoms with van der Waals surface area (Å²) in [5.41, 5.74) is 1.75. The molecule has 0 radical (unpaired) electrons. The van der Waals surface area contributed by atoms with Gasteiger partial charge in [-0.1, -0.05) is 74.3 Å². The highest BCUT2D eigenvalue weighted by molar-refractivity contribution is 5.87. The molecular weight excluding hydrogens is 460 g/mol. The number of aromatic amines is 1. The number of H-pyrrole nitrogens is 1. The largest absolute Gasteiger partial charge is 0.388 e. The van der Waals surface area contributed by atoms with Crippen LogP contribution in [0.15, 0.2) is 85.6 Å². The van der Waals surface area contributed by atoms with E-state index >= 15 is 0 Å². The Hall–Kier alpha value is -3.41. The lowest BCUT2D eigenvalue weighted by Crippen LogP contribution is -2.42. The summed E-state index contributed by atoms with van der Waals surface area (Å²) in [6, 6.07) is -0.542. The molecule has 0 bridgehead atoms. The Labute approximate surface area is 223 Å². The minimum Gasteiger partial charge on any atom is -0.388 e. The molecule has 0 unspecified atom stereocenters. The lowest BCUT2D eigenvalue weighted by Gasteiger charge is -2.15. The van der Waals surface area contributed by atoms with E-state index in [-0.39, 0.29) is 11.7 Å². The van der Waals surface area contributed by atoms with Crippen LogP contribution in [-0.4, -0.2) is 34.2 Å². The van der Waals surface area contributed by atoms with E-state index in [1.165, 1.54) is 6.92 Å². The molecule has 1 aromatic heterocycles. The van der Waals surface area contributed by atoms with Gasteiger partial charge in [-0.2, -0.15) is 0 Å². The van der Waals surface area contributed by atoms with E-state index in [1.54, 1.807) is 12.5 Å². The highest BCUT2D eigenvalue weighted by atomic mass is 16.2. The topological polar surface area (TPSA) is 86.9 Å². The molecule has 1 atom stereocenters. The normalized spacial score (nSPS) is 12.9. The van der Waals surface area contributed by atoms with Crippen LogP contribution in [0.4, 0.5) is 0 Å². The highest BCUT2D eigenvalue weighted by Crippen LogP contribution is 2.05. The van der Waals surface area contributed by atoms with E-state index in [0.29, 0.717) is 19.4 Å². The molecule has 202 valence electrons. The van der Waals surface area contributed by atoms with Gasteiger partial charge >= 0.3 is 0 Å². The van der Waals surface area contributed by atoms with Gasteiger partial charge in [-0.25, -0.2) is 4.98 Å². The molecule has 0 spiro atoms. The number of unbranched alkanes of at least 4 members (excludes halogenated alkanes) is 1. The number of carbonyl (C=O) groups excluding carboxylic acids is 2. The molecular formula is C31H46N4O2. The molecule has 1 heterocycles. The average molecular weight is 507 g/mol. The fourth-order valence-electron chi connectivity index (χ4n) is 3.42. The van der Waals surface area contributed by atoms with Gasteiger partial charge in [0.2, 0.25) is 5.91 Å². The number of allylic oxidation sites excluding steroid dienone is 11. The maximum atomic E-state index is 12.2. The molecule has 0 saturated carbocycles. The van der Waals surface area contributed by atoms with E-state index in [0.717, 1.165) is 62.8 Å². The van der Waals surface area contributed by atoms with Crippen LogP contribution in [0.5, 0.6) is 0 Å². The molecule has 0 aliphatic heterocycles. The molecule has 1 amide bonds. The minimum absolute atomic E-state index is 0.0737. The van der Waals surface area contributed by atoms with Gasteiger partial charge in [-0.3, -0.25) is 9.59 Å². The van der Waals surface area contributed by atoms with Crippen LogP contribution < -0.4 is 10.6 Å². The first-order valence-corrected chi connectivity index (χ1v) is 13.5. The zero-order valence-corrected chi connectivity index (χ0v) is 22.8. The third-order valence-corrected chi connectivity index (χ3v) is 5.54. The predicted molar refractivity (Wildman–Crippen MR) is 155 cm³/mol. The van der Waals surface area contributed by atoms with Crippen LogP contribution >= 0.6 is 0 Å². The fraction of sp³-hybridized carbons (Fsp3) is 0.452. The monoisotopic (exact) mass is 506 g/mol. The summed E-state index contributed by atoms with van der Waals surface area (Å²) in [5, 5.41) is 6.01. The second kappa shape index (κ2) is 21.8. The van der Waals surface area contributed by atoms with Crippen LogP contribution in [-0.2, 0) is 16.0 Å². The van der Waals surface area contributed by atoms with Crippen LogP contribution in [0.25, 0.3) is 0 Å². The maximum absolute atomic E-state index is 12.2. The number of hydrogen-bond acceptors (Lipinski definition) is 4. The first kappa shape index (κ1) is 31.6. The summed E-state index contributed by atoms with van der Waals surface area (Å²) in [7, 11) is 0. The smallest absolute Gasteiger partial charge is 0.222 e. The Balaban J connectivity index is 2.04. The number of hydrogen-bond donors (Lipinski definition) is 3. The fourth-order valence-corrected chi connectivity index (χ4v) is 3.42. The maximum Gasteiger partial charge on any atom is 0.222 e.